The molecule has 0 radical (unpaired) electrons. The third-order valence-electron chi connectivity index (χ3n) is 2.28. The van der Waals surface area contributed by atoms with Crippen molar-refractivity contribution in [2.24, 2.45) is 0 Å². The molecule has 9 nitrogen and oxygen atoms in total. The van der Waals surface area contributed by atoms with Crippen molar-refractivity contribution in [1.29, 1.82) is 0 Å². The van der Waals surface area contributed by atoms with Gasteiger partial charge in [0.25, 0.3) is 5.56 Å². The number of hydrogen-bond donors (Lipinski definition) is 2. The number of nitrogens with zero attached hydrogens (tertiary/aromatic N) is 2. The van der Waals surface area contributed by atoms with Gasteiger partial charge in [-0.2, -0.15) is 0 Å². The summed E-state index contributed by atoms with van der Waals surface area (Å²) in [6, 6.07) is 0. The molecule has 102 valence electrons. The maximum Gasteiger partial charge on any atom is 0.327 e. The molecule has 0 amide bonds. The van der Waals surface area contributed by atoms with Gasteiger partial charge in [-0.05, 0) is 0 Å². The molecule has 9 heteroatoms. The van der Waals surface area contributed by atoms with E-state index in [9.17, 15) is 14.4 Å². The molecule has 0 fully saturated rings. The Hall–Kier alpha value is -2.42. The van der Waals surface area contributed by atoms with E-state index in [1.54, 1.807) is 0 Å². The van der Waals surface area contributed by atoms with Crippen molar-refractivity contribution in [1.82, 2.24) is 19.5 Å². The summed E-state index contributed by atoms with van der Waals surface area (Å²) in [5.41, 5.74) is -0.763. The van der Waals surface area contributed by atoms with Crippen LogP contribution in [0.15, 0.2) is 15.9 Å². The molecule has 0 spiro atoms. The van der Waals surface area contributed by atoms with Gasteiger partial charge in [0.1, 0.15) is 19.0 Å². The largest absolute Gasteiger partial charge is 0.463 e. The van der Waals surface area contributed by atoms with E-state index in [4.69, 9.17) is 4.74 Å². The fourth-order valence-electron chi connectivity index (χ4n) is 1.49. The fourth-order valence-corrected chi connectivity index (χ4v) is 1.49. The standard InChI is InChI=1S/C10H12N4O5/c1-6(15)19-3-2-18-5-14-4-11-7-8(14)12-10(17)13-9(7)16/h4H,2-3,5H2,1H3,(H2,12,13,16,17). The maximum atomic E-state index is 11.4. The molecule has 2 aromatic heterocycles. The van der Waals surface area contributed by atoms with E-state index >= 15 is 0 Å². The third-order valence-corrected chi connectivity index (χ3v) is 2.28. The van der Waals surface area contributed by atoms with Gasteiger partial charge in [-0.1, -0.05) is 0 Å². The van der Waals surface area contributed by atoms with Crippen LogP contribution in [0.5, 0.6) is 0 Å². The van der Waals surface area contributed by atoms with Crippen LogP contribution >= 0.6 is 0 Å². The number of imidazole rings is 1. The first-order valence-corrected chi connectivity index (χ1v) is 5.46. The van der Waals surface area contributed by atoms with Crippen LogP contribution in [0, 0.1) is 0 Å². The van der Waals surface area contributed by atoms with Crippen molar-refractivity contribution < 1.29 is 14.3 Å². The van der Waals surface area contributed by atoms with Crippen LogP contribution in [0.3, 0.4) is 0 Å². The van der Waals surface area contributed by atoms with Crippen LogP contribution in [0.2, 0.25) is 0 Å². The normalized spacial score (nSPS) is 10.8. The summed E-state index contributed by atoms with van der Waals surface area (Å²) in [6.07, 6.45) is 1.38. The number of hydrogen-bond acceptors (Lipinski definition) is 6. The maximum absolute atomic E-state index is 11.4. The number of carbonyl (C=O) groups is 1. The predicted molar refractivity (Wildman–Crippen MR) is 63.6 cm³/mol. The van der Waals surface area contributed by atoms with Crippen LogP contribution in [0.25, 0.3) is 11.2 Å². The summed E-state index contributed by atoms with van der Waals surface area (Å²) in [5.74, 6) is -0.382. The molecular formula is C10H12N4O5. The lowest BCUT2D eigenvalue weighted by atomic mass is 10.5. The molecule has 0 saturated carbocycles. The number of aromatic nitrogens is 4. The number of nitrogens with one attached hydrogen (secondary N) is 2. The summed E-state index contributed by atoms with van der Waals surface area (Å²) >= 11 is 0. The number of aromatic amines is 2. The molecule has 0 bridgehead atoms. The van der Waals surface area contributed by atoms with E-state index < -0.39 is 11.2 Å². The number of fused-ring (bicyclic) bond motifs is 1. The highest BCUT2D eigenvalue weighted by Gasteiger charge is 2.07. The van der Waals surface area contributed by atoms with E-state index in [-0.39, 0.29) is 37.1 Å². The van der Waals surface area contributed by atoms with Crippen molar-refractivity contribution >= 4 is 17.1 Å². The fraction of sp³-hybridized carbons (Fsp3) is 0.400. The highest BCUT2D eigenvalue weighted by molar-refractivity contribution is 5.68. The van der Waals surface area contributed by atoms with Gasteiger partial charge in [0.15, 0.2) is 5.52 Å². The summed E-state index contributed by atoms with van der Waals surface area (Å²) in [4.78, 5) is 41.5. The Morgan fingerprint density at radius 3 is 2.89 bits per heavy atom. The minimum absolute atomic E-state index is 0.0805. The Labute approximate surface area is 106 Å². The first-order chi connectivity index (χ1) is 9.08. The van der Waals surface area contributed by atoms with Crippen molar-refractivity contribution in [2.75, 3.05) is 13.2 Å². The molecule has 2 aromatic rings. The summed E-state index contributed by atoms with van der Waals surface area (Å²) in [5, 5.41) is 0. The minimum Gasteiger partial charge on any atom is -0.463 e. The molecule has 19 heavy (non-hydrogen) atoms. The SMILES string of the molecule is CC(=O)OCCOCn1cnc2c(=O)[nH]c(=O)[nH]c21. The number of carbonyl (C=O) groups excluding carboxylic acids is 1. The number of H-pyrrole nitrogens is 2. The van der Waals surface area contributed by atoms with Crippen molar-refractivity contribution in [2.45, 2.75) is 13.7 Å². The van der Waals surface area contributed by atoms with E-state index in [0.717, 1.165) is 0 Å². The van der Waals surface area contributed by atoms with Crippen LogP contribution in [-0.4, -0.2) is 38.7 Å². The topological polar surface area (TPSA) is 119 Å². The van der Waals surface area contributed by atoms with Gasteiger partial charge >= 0.3 is 11.7 Å². The van der Waals surface area contributed by atoms with Gasteiger partial charge in [0.05, 0.1) is 12.9 Å². The molecule has 0 saturated heterocycles. The van der Waals surface area contributed by atoms with E-state index in [2.05, 4.69) is 19.7 Å². The second-order valence-electron chi connectivity index (χ2n) is 3.70. The molecule has 2 N–H and O–H groups in total. The lowest BCUT2D eigenvalue weighted by molar-refractivity contribution is -0.142. The quantitative estimate of drug-likeness (QED) is 0.527. The number of ether oxygens (including phenoxy) is 2. The zero-order valence-electron chi connectivity index (χ0n) is 10.1. The molecule has 2 heterocycles. The second-order valence-corrected chi connectivity index (χ2v) is 3.70. The first-order valence-electron chi connectivity index (χ1n) is 5.46. The van der Waals surface area contributed by atoms with Gasteiger partial charge in [-0.25, -0.2) is 9.78 Å². The Kier molecular flexibility index (Phi) is 3.76. The van der Waals surface area contributed by atoms with Crippen LogP contribution in [-0.2, 0) is 21.0 Å². The molecule has 0 aliphatic carbocycles. The van der Waals surface area contributed by atoms with Crippen molar-refractivity contribution in [3.63, 3.8) is 0 Å². The molecule has 0 aliphatic heterocycles. The van der Waals surface area contributed by atoms with Crippen molar-refractivity contribution in [3.8, 4) is 0 Å². The first kappa shape index (κ1) is 13.0. The zero-order valence-corrected chi connectivity index (χ0v) is 10.1. The third kappa shape index (κ3) is 3.07. The molecule has 0 unspecified atom stereocenters. The summed E-state index contributed by atoms with van der Waals surface area (Å²) in [7, 11) is 0. The number of rotatable bonds is 5. The highest BCUT2D eigenvalue weighted by Crippen LogP contribution is 2.02. The summed E-state index contributed by atoms with van der Waals surface area (Å²) < 4.78 is 11.4. The van der Waals surface area contributed by atoms with Crippen LogP contribution < -0.4 is 11.2 Å². The van der Waals surface area contributed by atoms with Crippen LogP contribution in [0.4, 0.5) is 0 Å². The Morgan fingerprint density at radius 2 is 2.16 bits per heavy atom. The van der Waals surface area contributed by atoms with Gasteiger partial charge in [-0.15, -0.1) is 0 Å². The minimum atomic E-state index is -0.612. The van der Waals surface area contributed by atoms with Gasteiger partial charge < -0.3 is 9.47 Å². The number of esters is 1. The van der Waals surface area contributed by atoms with E-state index in [1.165, 1.54) is 17.8 Å². The second kappa shape index (κ2) is 5.48. The monoisotopic (exact) mass is 268 g/mol. The van der Waals surface area contributed by atoms with Crippen LogP contribution in [0.1, 0.15) is 6.92 Å². The van der Waals surface area contributed by atoms with E-state index in [0.29, 0.717) is 0 Å². The predicted octanol–water partition coefficient (Wildman–Crippen LogP) is -1.05. The molecule has 0 atom stereocenters. The zero-order chi connectivity index (χ0) is 13.8. The molecular weight excluding hydrogens is 256 g/mol. The average Bonchev–Trinajstić information content (AvgIpc) is 2.72. The van der Waals surface area contributed by atoms with Gasteiger partial charge in [0, 0.05) is 6.92 Å². The molecule has 0 aliphatic rings. The van der Waals surface area contributed by atoms with Crippen molar-refractivity contribution in [3.05, 3.63) is 27.2 Å². The highest BCUT2D eigenvalue weighted by atomic mass is 16.6. The lowest BCUT2D eigenvalue weighted by Gasteiger charge is -2.05. The summed E-state index contributed by atoms with van der Waals surface area (Å²) in [6.45, 7) is 1.73. The Morgan fingerprint density at radius 1 is 1.37 bits per heavy atom. The smallest absolute Gasteiger partial charge is 0.327 e. The Bertz CT molecular complexity index is 698. The Balaban J connectivity index is 2.03. The average molecular weight is 268 g/mol. The lowest BCUT2D eigenvalue weighted by Crippen LogP contribution is -2.22. The molecule has 2 rings (SSSR count). The molecule has 0 aromatic carbocycles. The van der Waals surface area contributed by atoms with E-state index in [1.807, 2.05) is 0 Å². The van der Waals surface area contributed by atoms with Gasteiger partial charge in [-0.3, -0.25) is 24.1 Å². The van der Waals surface area contributed by atoms with Gasteiger partial charge in [0.2, 0.25) is 0 Å².